The molecule has 0 radical (unpaired) electrons. The Kier molecular flexibility index (Phi) is 3.35. The number of hydrogen-bond donors (Lipinski definition) is 2. The molecule has 3 rings (SSSR count). The molecule has 0 bridgehead atoms. The minimum Gasteiger partial charge on any atom is -0.256 e. The van der Waals surface area contributed by atoms with Crippen LogP contribution in [-0.4, -0.2) is 34.0 Å². The van der Waals surface area contributed by atoms with Crippen LogP contribution < -0.4 is 4.72 Å². The Morgan fingerprint density at radius 3 is 2.90 bits per heavy atom. The zero-order valence-corrected chi connectivity index (χ0v) is 11.9. The van der Waals surface area contributed by atoms with Crippen molar-refractivity contribution in [3.05, 3.63) is 41.9 Å². The van der Waals surface area contributed by atoms with E-state index in [1.165, 1.54) is 0 Å². The van der Waals surface area contributed by atoms with Gasteiger partial charge in [-0.3, -0.25) is 4.98 Å². The average molecular weight is 304 g/mol. The van der Waals surface area contributed by atoms with Crippen LogP contribution in [0.15, 0.2) is 35.4 Å². The number of H-pyrrole nitrogens is 1. The molecule has 108 valence electrons. The van der Waals surface area contributed by atoms with Crippen LogP contribution in [0.4, 0.5) is 0 Å². The van der Waals surface area contributed by atoms with Crippen LogP contribution in [0.25, 0.3) is 10.9 Å². The number of tetrazole rings is 1. The van der Waals surface area contributed by atoms with Gasteiger partial charge in [0.2, 0.25) is 10.0 Å². The Bertz CT molecular complexity index is 876. The molecule has 0 unspecified atom stereocenters. The summed E-state index contributed by atoms with van der Waals surface area (Å²) in [5, 5.41) is 13.6. The second-order valence-electron chi connectivity index (χ2n) is 4.43. The maximum atomic E-state index is 12.4. The molecule has 3 aromatic rings. The third-order valence-electron chi connectivity index (χ3n) is 3.03. The summed E-state index contributed by atoms with van der Waals surface area (Å²) < 4.78 is 27.3. The highest BCUT2D eigenvalue weighted by Crippen LogP contribution is 2.24. The first-order valence-electron chi connectivity index (χ1n) is 6.14. The van der Waals surface area contributed by atoms with Crippen molar-refractivity contribution in [3.8, 4) is 0 Å². The van der Waals surface area contributed by atoms with Gasteiger partial charge in [-0.1, -0.05) is 11.3 Å². The largest absolute Gasteiger partial charge is 0.256 e. The lowest BCUT2D eigenvalue weighted by Gasteiger charge is -2.09. The molecule has 8 nitrogen and oxygen atoms in total. The number of aromatic amines is 1. The Morgan fingerprint density at radius 1 is 1.29 bits per heavy atom. The van der Waals surface area contributed by atoms with Crippen molar-refractivity contribution < 1.29 is 8.42 Å². The monoisotopic (exact) mass is 304 g/mol. The maximum absolute atomic E-state index is 12.4. The third-order valence-corrected chi connectivity index (χ3v) is 4.49. The number of aromatic nitrogens is 5. The van der Waals surface area contributed by atoms with Crippen LogP contribution in [-0.2, 0) is 16.6 Å². The Balaban J connectivity index is 2.01. The molecule has 0 aliphatic heterocycles. The molecule has 0 aliphatic rings. The van der Waals surface area contributed by atoms with Gasteiger partial charge < -0.3 is 0 Å². The van der Waals surface area contributed by atoms with Gasteiger partial charge in [-0.2, -0.15) is 5.21 Å². The topological polar surface area (TPSA) is 114 Å². The zero-order chi connectivity index (χ0) is 14.9. The molecule has 9 heteroatoms. The number of hydrogen-bond acceptors (Lipinski definition) is 6. The van der Waals surface area contributed by atoms with Gasteiger partial charge in [0.15, 0.2) is 5.82 Å². The van der Waals surface area contributed by atoms with Gasteiger partial charge >= 0.3 is 0 Å². The van der Waals surface area contributed by atoms with Crippen molar-refractivity contribution in [1.29, 1.82) is 0 Å². The van der Waals surface area contributed by atoms with E-state index in [1.807, 2.05) is 6.92 Å². The number of rotatable bonds is 4. The Hall–Kier alpha value is -2.39. The Labute approximate surface area is 120 Å². The SMILES string of the molecule is Cc1ccc(S(=O)(=O)NCc2nn[nH]n2)c2cccnc12. The normalized spacial score (nSPS) is 11.9. The van der Waals surface area contributed by atoms with Gasteiger partial charge in [0.25, 0.3) is 0 Å². The van der Waals surface area contributed by atoms with Gasteiger partial charge in [0, 0.05) is 11.6 Å². The first kappa shape index (κ1) is 13.6. The van der Waals surface area contributed by atoms with E-state index in [2.05, 4.69) is 30.3 Å². The molecule has 1 aromatic carbocycles. The van der Waals surface area contributed by atoms with Gasteiger partial charge in [-0.15, -0.1) is 10.2 Å². The third kappa shape index (κ3) is 2.60. The molecule has 0 atom stereocenters. The van der Waals surface area contributed by atoms with Crippen LogP contribution in [0.2, 0.25) is 0 Å². The number of aryl methyl sites for hydroxylation is 1. The molecule has 21 heavy (non-hydrogen) atoms. The van der Waals surface area contributed by atoms with Crippen LogP contribution in [0.5, 0.6) is 0 Å². The Morgan fingerprint density at radius 2 is 2.14 bits per heavy atom. The van der Waals surface area contributed by atoms with Crippen LogP contribution in [0, 0.1) is 6.92 Å². The summed E-state index contributed by atoms with van der Waals surface area (Å²) >= 11 is 0. The number of fused-ring (bicyclic) bond motifs is 1. The summed E-state index contributed by atoms with van der Waals surface area (Å²) in [6, 6.07) is 6.74. The standard InChI is InChI=1S/C12H12N6O2S/c1-8-4-5-10(9-3-2-6-13-12(8)9)21(19,20)14-7-11-15-17-18-16-11/h2-6,14H,7H2,1H3,(H,15,16,17,18). The summed E-state index contributed by atoms with van der Waals surface area (Å²) in [5.74, 6) is 0.271. The molecule has 0 saturated carbocycles. The maximum Gasteiger partial charge on any atom is 0.241 e. The van der Waals surface area contributed by atoms with Crippen molar-refractivity contribution in [1.82, 2.24) is 30.3 Å². The second kappa shape index (κ2) is 5.19. The number of pyridine rings is 1. The molecule has 0 fully saturated rings. The zero-order valence-electron chi connectivity index (χ0n) is 11.1. The van der Waals surface area contributed by atoms with E-state index >= 15 is 0 Å². The van der Waals surface area contributed by atoms with Crippen molar-refractivity contribution in [3.63, 3.8) is 0 Å². The van der Waals surface area contributed by atoms with E-state index in [0.717, 1.165) is 5.56 Å². The predicted molar refractivity (Wildman–Crippen MR) is 74.7 cm³/mol. The number of nitrogens with zero attached hydrogens (tertiary/aromatic N) is 4. The molecule has 0 aliphatic carbocycles. The van der Waals surface area contributed by atoms with Crippen LogP contribution in [0.1, 0.15) is 11.4 Å². The fraction of sp³-hybridized carbons (Fsp3) is 0.167. The number of nitrogens with one attached hydrogen (secondary N) is 2. The van der Waals surface area contributed by atoms with Crippen molar-refractivity contribution in [2.75, 3.05) is 0 Å². The quantitative estimate of drug-likeness (QED) is 0.727. The summed E-state index contributed by atoms with van der Waals surface area (Å²) in [5.41, 5.74) is 1.59. The molecule has 2 N–H and O–H groups in total. The van der Waals surface area contributed by atoms with Gasteiger partial charge in [0.1, 0.15) is 0 Å². The molecule has 0 spiro atoms. The molecule has 2 aromatic heterocycles. The van der Waals surface area contributed by atoms with Crippen LogP contribution in [0.3, 0.4) is 0 Å². The van der Waals surface area contributed by atoms with Gasteiger partial charge in [-0.05, 0) is 30.7 Å². The molecule has 2 heterocycles. The molecular weight excluding hydrogens is 292 g/mol. The first-order chi connectivity index (χ1) is 10.1. The van der Waals surface area contributed by atoms with Crippen molar-refractivity contribution >= 4 is 20.9 Å². The van der Waals surface area contributed by atoms with Crippen LogP contribution >= 0.6 is 0 Å². The van der Waals surface area contributed by atoms with E-state index in [4.69, 9.17) is 0 Å². The number of sulfonamides is 1. The summed E-state index contributed by atoms with van der Waals surface area (Å²) in [4.78, 5) is 4.41. The molecule has 0 saturated heterocycles. The minimum atomic E-state index is -3.69. The van der Waals surface area contributed by atoms with E-state index in [-0.39, 0.29) is 17.3 Å². The van der Waals surface area contributed by atoms with Gasteiger partial charge in [0.05, 0.1) is 17.0 Å². The summed E-state index contributed by atoms with van der Waals surface area (Å²) in [6.45, 7) is 1.85. The average Bonchev–Trinajstić information content (AvgIpc) is 2.99. The molecule has 0 amide bonds. The fourth-order valence-electron chi connectivity index (χ4n) is 2.02. The van der Waals surface area contributed by atoms with E-state index in [0.29, 0.717) is 10.9 Å². The van der Waals surface area contributed by atoms with Gasteiger partial charge in [-0.25, -0.2) is 13.1 Å². The minimum absolute atomic E-state index is 0.0333. The first-order valence-corrected chi connectivity index (χ1v) is 7.62. The summed E-state index contributed by atoms with van der Waals surface area (Å²) in [7, 11) is -3.69. The summed E-state index contributed by atoms with van der Waals surface area (Å²) in [6.07, 6.45) is 1.64. The lowest BCUT2D eigenvalue weighted by atomic mass is 10.1. The van der Waals surface area contributed by atoms with E-state index in [1.54, 1.807) is 30.5 Å². The highest BCUT2D eigenvalue weighted by molar-refractivity contribution is 7.89. The highest BCUT2D eigenvalue weighted by atomic mass is 32.2. The smallest absolute Gasteiger partial charge is 0.241 e. The van der Waals surface area contributed by atoms with E-state index in [9.17, 15) is 8.42 Å². The van der Waals surface area contributed by atoms with Crippen molar-refractivity contribution in [2.24, 2.45) is 0 Å². The molecular formula is C12H12N6O2S. The predicted octanol–water partition coefficient (Wildman–Crippen LogP) is 0.535. The lowest BCUT2D eigenvalue weighted by molar-refractivity contribution is 0.580. The second-order valence-corrected chi connectivity index (χ2v) is 6.17. The van der Waals surface area contributed by atoms with E-state index < -0.39 is 10.0 Å². The lowest BCUT2D eigenvalue weighted by Crippen LogP contribution is -2.24. The fourth-order valence-corrected chi connectivity index (χ4v) is 3.19. The highest BCUT2D eigenvalue weighted by Gasteiger charge is 2.18. The van der Waals surface area contributed by atoms with Crippen molar-refractivity contribution in [2.45, 2.75) is 18.4 Å². The number of benzene rings is 1.